The van der Waals surface area contributed by atoms with Gasteiger partial charge >= 0.3 is 0 Å². The molecule has 0 radical (unpaired) electrons. The molecule has 1 amide bonds. The van der Waals surface area contributed by atoms with E-state index in [4.69, 9.17) is 9.72 Å². The third-order valence-corrected chi connectivity index (χ3v) is 8.56. The number of ether oxygens (including phenoxy) is 1. The minimum absolute atomic E-state index is 0.144. The molecule has 1 saturated heterocycles. The van der Waals surface area contributed by atoms with E-state index in [0.29, 0.717) is 38.4 Å². The van der Waals surface area contributed by atoms with E-state index in [9.17, 15) is 13.2 Å². The van der Waals surface area contributed by atoms with Gasteiger partial charge in [-0.1, -0.05) is 6.07 Å². The van der Waals surface area contributed by atoms with E-state index in [-0.39, 0.29) is 10.8 Å². The van der Waals surface area contributed by atoms with Gasteiger partial charge < -0.3 is 10.1 Å². The number of hydrogen-bond acceptors (Lipinski definition) is 6. The van der Waals surface area contributed by atoms with Crippen LogP contribution in [-0.4, -0.2) is 56.5 Å². The molecular formula is C21H27N3O4S2. The molecule has 1 N–H and O–H groups in total. The number of carbonyl (C=O) groups excluding carboxylic acids is 1. The highest BCUT2D eigenvalue weighted by Gasteiger charge is 2.26. The topological polar surface area (TPSA) is 88.6 Å². The minimum atomic E-state index is -3.61. The van der Waals surface area contributed by atoms with Gasteiger partial charge in [-0.05, 0) is 50.3 Å². The lowest BCUT2D eigenvalue weighted by atomic mass is 10.0. The van der Waals surface area contributed by atoms with Gasteiger partial charge in [0.25, 0.3) is 5.91 Å². The average Bonchev–Trinajstić information content (AvgIpc) is 3.20. The van der Waals surface area contributed by atoms with Gasteiger partial charge in [-0.2, -0.15) is 4.31 Å². The Morgan fingerprint density at radius 2 is 2.00 bits per heavy atom. The van der Waals surface area contributed by atoms with Crippen LogP contribution in [-0.2, 0) is 34.0 Å². The number of fused-ring (bicyclic) bond motifs is 1. The highest BCUT2D eigenvalue weighted by Crippen LogP contribution is 2.27. The molecule has 0 bridgehead atoms. The van der Waals surface area contributed by atoms with Crippen molar-refractivity contribution in [1.82, 2.24) is 14.6 Å². The van der Waals surface area contributed by atoms with Gasteiger partial charge in [0.15, 0.2) is 0 Å². The molecular weight excluding hydrogens is 422 g/mol. The molecule has 7 nitrogen and oxygen atoms in total. The van der Waals surface area contributed by atoms with E-state index < -0.39 is 10.0 Å². The van der Waals surface area contributed by atoms with Crippen LogP contribution in [0.15, 0.2) is 29.2 Å². The number of benzene rings is 1. The number of nitrogens with zero attached hydrogens (tertiary/aromatic N) is 2. The normalized spacial score (nSPS) is 17.5. The van der Waals surface area contributed by atoms with Crippen LogP contribution in [0.5, 0.6) is 0 Å². The number of carbonyl (C=O) groups is 1. The molecule has 1 aliphatic carbocycles. The van der Waals surface area contributed by atoms with Crippen LogP contribution in [0.4, 0.5) is 0 Å². The highest BCUT2D eigenvalue weighted by atomic mass is 32.2. The van der Waals surface area contributed by atoms with E-state index in [0.717, 1.165) is 30.7 Å². The molecule has 162 valence electrons. The second kappa shape index (κ2) is 9.55. The lowest BCUT2D eigenvalue weighted by Gasteiger charge is -2.26. The molecule has 1 aromatic carbocycles. The van der Waals surface area contributed by atoms with E-state index in [1.54, 1.807) is 23.5 Å². The van der Waals surface area contributed by atoms with Gasteiger partial charge in [0, 0.05) is 36.5 Å². The summed E-state index contributed by atoms with van der Waals surface area (Å²) in [6, 6.07) is 6.24. The standard InChI is InChI=1S/C21H27N3O4S2/c25-21(22-10-4-9-20-23-18-7-1-2-8-19(18)29-20)16-5-3-6-17(15-16)30(26,27)24-11-13-28-14-12-24/h3,5-6,15H,1-2,4,7-14H2,(H,22,25). The van der Waals surface area contributed by atoms with Crippen molar-refractivity contribution in [2.75, 3.05) is 32.8 Å². The highest BCUT2D eigenvalue weighted by molar-refractivity contribution is 7.89. The van der Waals surface area contributed by atoms with E-state index in [2.05, 4.69) is 5.32 Å². The number of sulfonamides is 1. The molecule has 30 heavy (non-hydrogen) atoms. The summed E-state index contributed by atoms with van der Waals surface area (Å²) < 4.78 is 32.2. The Bertz CT molecular complexity index is 974. The summed E-state index contributed by atoms with van der Waals surface area (Å²) in [5, 5.41) is 4.05. The number of morpholine rings is 1. The van der Waals surface area contributed by atoms with Gasteiger partial charge in [0.05, 0.1) is 28.8 Å². The summed E-state index contributed by atoms with van der Waals surface area (Å²) >= 11 is 1.80. The number of aryl methyl sites for hydroxylation is 3. The van der Waals surface area contributed by atoms with Crippen molar-refractivity contribution < 1.29 is 17.9 Å². The van der Waals surface area contributed by atoms with E-state index >= 15 is 0 Å². The van der Waals surface area contributed by atoms with Gasteiger partial charge in [-0.25, -0.2) is 13.4 Å². The van der Waals surface area contributed by atoms with Crippen molar-refractivity contribution >= 4 is 27.3 Å². The fraction of sp³-hybridized carbons (Fsp3) is 0.524. The first-order chi connectivity index (χ1) is 14.5. The lowest BCUT2D eigenvalue weighted by molar-refractivity contribution is 0.0730. The van der Waals surface area contributed by atoms with Crippen LogP contribution in [0.3, 0.4) is 0 Å². The smallest absolute Gasteiger partial charge is 0.251 e. The maximum Gasteiger partial charge on any atom is 0.251 e. The summed E-state index contributed by atoms with van der Waals surface area (Å²) in [4.78, 5) is 18.8. The second-order valence-electron chi connectivity index (χ2n) is 7.59. The third-order valence-electron chi connectivity index (χ3n) is 5.45. The maximum atomic E-state index is 12.8. The Kier molecular flexibility index (Phi) is 6.82. The van der Waals surface area contributed by atoms with Crippen LogP contribution >= 0.6 is 11.3 Å². The first-order valence-corrected chi connectivity index (χ1v) is 12.7. The van der Waals surface area contributed by atoms with Gasteiger partial charge in [0.2, 0.25) is 10.0 Å². The average molecular weight is 450 g/mol. The predicted octanol–water partition coefficient (Wildman–Crippen LogP) is 2.41. The van der Waals surface area contributed by atoms with E-state index in [1.807, 2.05) is 0 Å². The van der Waals surface area contributed by atoms with Crippen molar-refractivity contribution in [2.45, 2.75) is 43.4 Å². The Morgan fingerprint density at radius 1 is 1.20 bits per heavy atom. The zero-order valence-corrected chi connectivity index (χ0v) is 18.6. The quantitative estimate of drug-likeness (QED) is 0.656. The largest absolute Gasteiger partial charge is 0.379 e. The first kappa shape index (κ1) is 21.4. The number of rotatable bonds is 7. The molecule has 0 unspecified atom stereocenters. The van der Waals surface area contributed by atoms with Crippen molar-refractivity contribution in [3.8, 4) is 0 Å². The minimum Gasteiger partial charge on any atom is -0.379 e. The van der Waals surface area contributed by atoms with Crippen molar-refractivity contribution in [3.05, 3.63) is 45.4 Å². The number of hydrogen-bond donors (Lipinski definition) is 1. The van der Waals surface area contributed by atoms with Gasteiger partial charge in [-0.15, -0.1) is 11.3 Å². The lowest BCUT2D eigenvalue weighted by Crippen LogP contribution is -2.40. The van der Waals surface area contributed by atoms with Crippen LogP contribution in [0.25, 0.3) is 0 Å². The third kappa shape index (κ3) is 4.91. The molecule has 0 saturated carbocycles. The van der Waals surface area contributed by atoms with Crippen LogP contribution in [0, 0.1) is 0 Å². The van der Waals surface area contributed by atoms with Gasteiger partial charge in [0.1, 0.15) is 0 Å². The maximum absolute atomic E-state index is 12.8. The first-order valence-electron chi connectivity index (χ1n) is 10.5. The van der Waals surface area contributed by atoms with Crippen molar-refractivity contribution in [2.24, 2.45) is 0 Å². The molecule has 9 heteroatoms. The number of thiazole rings is 1. The SMILES string of the molecule is O=C(NCCCc1nc2c(s1)CCCC2)c1cccc(S(=O)(=O)N2CCOCC2)c1. The van der Waals surface area contributed by atoms with Gasteiger partial charge in [-0.3, -0.25) is 4.79 Å². The monoisotopic (exact) mass is 449 g/mol. The summed E-state index contributed by atoms with van der Waals surface area (Å²) in [6.45, 7) is 1.98. The summed E-state index contributed by atoms with van der Waals surface area (Å²) in [6.07, 6.45) is 6.38. The Morgan fingerprint density at radius 3 is 2.80 bits per heavy atom. The molecule has 2 heterocycles. The zero-order chi connectivity index (χ0) is 21.0. The molecule has 1 aromatic heterocycles. The number of nitrogens with one attached hydrogen (secondary N) is 1. The molecule has 4 rings (SSSR count). The summed E-state index contributed by atoms with van der Waals surface area (Å²) in [5.41, 5.74) is 1.62. The summed E-state index contributed by atoms with van der Waals surface area (Å²) in [7, 11) is -3.61. The van der Waals surface area contributed by atoms with Crippen LogP contribution in [0.1, 0.15) is 45.2 Å². The van der Waals surface area contributed by atoms with E-state index in [1.165, 1.54) is 39.9 Å². The Hall–Kier alpha value is -1.81. The Balaban J connectivity index is 1.31. The second-order valence-corrected chi connectivity index (χ2v) is 10.7. The fourth-order valence-electron chi connectivity index (χ4n) is 3.79. The Labute approximate surface area is 181 Å². The molecule has 2 aromatic rings. The van der Waals surface area contributed by atoms with Crippen molar-refractivity contribution in [1.29, 1.82) is 0 Å². The molecule has 1 fully saturated rings. The van der Waals surface area contributed by atoms with Crippen molar-refractivity contribution in [3.63, 3.8) is 0 Å². The number of amides is 1. The zero-order valence-electron chi connectivity index (χ0n) is 16.9. The molecule has 1 aliphatic heterocycles. The predicted molar refractivity (Wildman–Crippen MR) is 115 cm³/mol. The summed E-state index contributed by atoms with van der Waals surface area (Å²) in [5.74, 6) is -0.257. The fourth-order valence-corrected chi connectivity index (χ4v) is 6.44. The molecule has 0 spiro atoms. The molecule has 2 aliphatic rings. The number of aromatic nitrogens is 1. The molecule has 0 atom stereocenters. The van der Waals surface area contributed by atoms with Crippen LogP contribution in [0.2, 0.25) is 0 Å². The van der Waals surface area contributed by atoms with Crippen LogP contribution < -0.4 is 5.32 Å².